The zero-order valence-corrected chi connectivity index (χ0v) is 19.8. The molecule has 1 spiro atoms. The van der Waals surface area contributed by atoms with Crippen LogP contribution in [0.3, 0.4) is 0 Å². The van der Waals surface area contributed by atoms with Crippen LogP contribution >= 0.6 is 0 Å². The van der Waals surface area contributed by atoms with Gasteiger partial charge in [-0.15, -0.1) is 0 Å². The van der Waals surface area contributed by atoms with Crippen LogP contribution in [-0.4, -0.2) is 46.0 Å². The number of β-amino-alcohol motifs (C(OH)–C–C–N with tert-alkyl or cyclic N) is 1. The molecule has 6 rings (SSSR count). The van der Waals surface area contributed by atoms with Crippen molar-refractivity contribution >= 4 is 17.8 Å². The van der Waals surface area contributed by atoms with Gasteiger partial charge in [-0.2, -0.15) is 0 Å². The molecule has 1 saturated heterocycles. The van der Waals surface area contributed by atoms with E-state index in [-0.39, 0.29) is 65.4 Å². The monoisotopic (exact) mass is 443 g/mol. The van der Waals surface area contributed by atoms with Gasteiger partial charge in [-0.05, 0) is 68.1 Å². The zero-order valence-electron chi connectivity index (χ0n) is 19.8. The Morgan fingerprint density at radius 2 is 1.88 bits per heavy atom. The van der Waals surface area contributed by atoms with Gasteiger partial charge in [0.1, 0.15) is 0 Å². The van der Waals surface area contributed by atoms with Crippen LogP contribution < -0.4 is 0 Å². The van der Waals surface area contributed by atoms with Gasteiger partial charge < -0.3 is 10.2 Å². The number of imide groups is 1. The molecular weight excluding hydrogens is 406 g/mol. The number of hydrogen-bond acceptors (Lipinski definition) is 4. The van der Waals surface area contributed by atoms with Crippen LogP contribution in [0.5, 0.6) is 0 Å². The normalized spacial score (nSPS) is 47.2. The summed E-state index contributed by atoms with van der Waals surface area (Å²) in [7, 11) is 0. The van der Waals surface area contributed by atoms with E-state index in [0.717, 1.165) is 32.1 Å². The van der Waals surface area contributed by atoms with Crippen LogP contribution in [0.4, 0.5) is 0 Å². The van der Waals surface area contributed by atoms with E-state index < -0.39 is 11.4 Å². The number of likely N-dealkylation sites (tertiary alicyclic amines) is 1. The van der Waals surface area contributed by atoms with Gasteiger partial charge in [0.2, 0.25) is 11.8 Å². The lowest BCUT2D eigenvalue weighted by molar-refractivity contribution is -0.194. The summed E-state index contributed by atoms with van der Waals surface area (Å²) in [5, 5.41) is 19.7. The molecule has 3 saturated carbocycles. The summed E-state index contributed by atoms with van der Waals surface area (Å²) >= 11 is 0. The van der Waals surface area contributed by atoms with Crippen molar-refractivity contribution in [3.05, 3.63) is 11.6 Å². The second-order valence-electron chi connectivity index (χ2n) is 12.0. The third-order valence-electron chi connectivity index (χ3n) is 10.6. The van der Waals surface area contributed by atoms with E-state index >= 15 is 0 Å². The van der Waals surface area contributed by atoms with Gasteiger partial charge in [0.25, 0.3) is 0 Å². The predicted octanol–water partition coefficient (Wildman–Crippen LogP) is 3.49. The van der Waals surface area contributed by atoms with Crippen molar-refractivity contribution in [1.29, 1.82) is 0 Å². The van der Waals surface area contributed by atoms with Crippen molar-refractivity contribution in [1.82, 2.24) is 4.90 Å². The molecule has 176 valence electrons. The van der Waals surface area contributed by atoms with Crippen LogP contribution in [0, 0.1) is 51.8 Å². The molecule has 2 N–H and O–H groups in total. The van der Waals surface area contributed by atoms with Crippen LogP contribution in [0.15, 0.2) is 11.6 Å². The molecule has 2 amide bonds. The zero-order chi connectivity index (χ0) is 23.2. The number of nitrogens with zero attached hydrogens (tertiary/aromatic N) is 1. The number of rotatable bonds is 4. The minimum atomic E-state index is -0.728. The van der Waals surface area contributed by atoms with E-state index in [1.807, 2.05) is 6.92 Å². The molecular formula is C26H37NO5. The maximum atomic E-state index is 13.6. The molecule has 0 aromatic rings. The van der Waals surface area contributed by atoms with E-state index in [1.54, 1.807) is 0 Å². The Hall–Kier alpha value is -1.69. The van der Waals surface area contributed by atoms with Gasteiger partial charge in [-0.3, -0.25) is 19.3 Å². The molecule has 1 aliphatic heterocycles. The first kappa shape index (κ1) is 22.1. The third-order valence-corrected chi connectivity index (χ3v) is 10.6. The topological polar surface area (TPSA) is 94.9 Å². The van der Waals surface area contributed by atoms with Crippen LogP contribution in [0.1, 0.15) is 66.2 Å². The number of allylic oxidation sites excluding steroid dienone is 2. The Bertz CT molecular complexity index is 910. The van der Waals surface area contributed by atoms with E-state index in [2.05, 4.69) is 26.8 Å². The Kier molecular flexibility index (Phi) is 4.78. The quantitative estimate of drug-likeness (QED) is 0.512. The fraction of sp³-hybridized carbons (Fsp3) is 0.808. The van der Waals surface area contributed by atoms with Crippen molar-refractivity contribution < 1.29 is 24.6 Å². The molecule has 2 bridgehead atoms. The molecule has 4 fully saturated rings. The highest BCUT2D eigenvalue weighted by molar-refractivity contribution is 6.06. The molecule has 0 aromatic heterocycles. The average molecular weight is 444 g/mol. The first-order chi connectivity index (χ1) is 15.0. The number of aliphatic carboxylic acids is 1. The number of hydrogen-bond donors (Lipinski definition) is 2. The highest BCUT2D eigenvalue weighted by Crippen LogP contribution is 2.74. The summed E-state index contributed by atoms with van der Waals surface area (Å²) in [5.41, 5.74) is 0.0547. The smallest absolute Gasteiger partial charge is 0.309 e. The molecule has 0 aromatic carbocycles. The summed E-state index contributed by atoms with van der Waals surface area (Å²) in [6.45, 7) is 8.44. The number of carbonyl (C=O) groups is 3. The summed E-state index contributed by atoms with van der Waals surface area (Å²) in [5.74, 6) is -0.918. The lowest BCUT2D eigenvalue weighted by atomic mass is 9.34. The van der Waals surface area contributed by atoms with Gasteiger partial charge in [0.15, 0.2) is 0 Å². The standard InChI is InChI=1S/C26H37NO5/c1-14(2)16-13-26-9-6-17-24(3,7-5-8-25(17,4)23(31)32)18(26)12-15(16)19-20(26)22(30)27(10-11-28)21(19)29/h13-15,17-20,28H,5-12H2,1-4H3,(H,31,32)/t15-,17-,18-,19+,20-,24-,25-,26-/m0/s1. The molecule has 6 aliphatic rings. The van der Waals surface area contributed by atoms with Crippen LogP contribution in [0.2, 0.25) is 0 Å². The highest BCUT2D eigenvalue weighted by Gasteiger charge is 2.73. The Morgan fingerprint density at radius 1 is 1.16 bits per heavy atom. The number of fused-ring (bicyclic) bond motifs is 1. The van der Waals surface area contributed by atoms with E-state index in [0.29, 0.717) is 12.3 Å². The Morgan fingerprint density at radius 3 is 2.50 bits per heavy atom. The van der Waals surface area contributed by atoms with Crippen molar-refractivity contribution in [3.63, 3.8) is 0 Å². The van der Waals surface area contributed by atoms with Gasteiger partial charge in [-0.1, -0.05) is 38.8 Å². The first-order valence-electron chi connectivity index (χ1n) is 12.4. The fourth-order valence-corrected chi connectivity index (χ4v) is 9.34. The minimum Gasteiger partial charge on any atom is -0.481 e. The predicted molar refractivity (Wildman–Crippen MR) is 118 cm³/mol. The van der Waals surface area contributed by atoms with Gasteiger partial charge >= 0.3 is 5.97 Å². The van der Waals surface area contributed by atoms with Crippen LogP contribution in [0.25, 0.3) is 0 Å². The average Bonchev–Trinajstić information content (AvgIpc) is 3.00. The SMILES string of the molecule is CC(C)C1=C[C@@]23CC[C@H]4[C@](C)(CCC[C@]4(C)C(=O)O)[C@@H]2C[C@@H]1[C@H]1C(=O)N(CCO)C(=O)[C@H]13. The van der Waals surface area contributed by atoms with Crippen molar-refractivity contribution in [3.8, 4) is 0 Å². The number of carboxylic acid groups (broad SMARTS) is 1. The van der Waals surface area contributed by atoms with Gasteiger partial charge in [0, 0.05) is 5.41 Å². The van der Waals surface area contributed by atoms with E-state index in [9.17, 15) is 24.6 Å². The minimum absolute atomic E-state index is 0.0422. The maximum Gasteiger partial charge on any atom is 0.309 e. The van der Waals surface area contributed by atoms with Gasteiger partial charge in [-0.25, -0.2) is 0 Å². The summed E-state index contributed by atoms with van der Waals surface area (Å²) < 4.78 is 0. The van der Waals surface area contributed by atoms with E-state index in [4.69, 9.17) is 0 Å². The number of aliphatic hydroxyl groups is 1. The second-order valence-corrected chi connectivity index (χ2v) is 12.0. The molecule has 1 heterocycles. The van der Waals surface area contributed by atoms with Crippen molar-refractivity contribution in [2.45, 2.75) is 66.2 Å². The number of amides is 2. The molecule has 5 aliphatic carbocycles. The summed E-state index contributed by atoms with van der Waals surface area (Å²) in [6.07, 6.45) is 7.42. The number of carbonyl (C=O) groups excluding carboxylic acids is 2. The molecule has 0 radical (unpaired) electrons. The molecule has 8 atom stereocenters. The van der Waals surface area contributed by atoms with E-state index in [1.165, 1.54) is 10.5 Å². The lowest BCUT2D eigenvalue weighted by Gasteiger charge is -2.68. The fourth-order valence-electron chi connectivity index (χ4n) is 9.34. The molecule has 0 unspecified atom stereocenters. The third kappa shape index (κ3) is 2.48. The second kappa shape index (κ2) is 6.91. The molecule has 32 heavy (non-hydrogen) atoms. The van der Waals surface area contributed by atoms with Crippen molar-refractivity contribution in [2.24, 2.45) is 51.8 Å². The highest BCUT2D eigenvalue weighted by atomic mass is 16.4. The number of aliphatic hydroxyl groups excluding tert-OH is 1. The van der Waals surface area contributed by atoms with Crippen LogP contribution in [-0.2, 0) is 14.4 Å². The summed E-state index contributed by atoms with van der Waals surface area (Å²) in [4.78, 5) is 40.7. The maximum absolute atomic E-state index is 13.6. The molecule has 6 heteroatoms. The Labute approximate surface area is 190 Å². The lowest BCUT2D eigenvalue weighted by Crippen LogP contribution is -2.65. The molecule has 6 nitrogen and oxygen atoms in total. The largest absolute Gasteiger partial charge is 0.481 e. The Balaban J connectivity index is 1.65. The van der Waals surface area contributed by atoms with Gasteiger partial charge in [0.05, 0.1) is 30.4 Å². The first-order valence-corrected chi connectivity index (χ1v) is 12.4. The summed E-state index contributed by atoms with van der Waals surface area (Å²) in [6, 6.07) is 0. The van der Waals surface area contributed by atoms with Crippen molar-refractivity contribution in [2.75, 3.05) is 13.2 Å². The number of carboxylic acids is 1.